The maximum atomic E-state index is 13.4. The second-order valence-corrected chi connectivity index (χ2v) is 5.64. The van der Waals surface area contributed by atoms with Crippen LogP contribution in [0.15, 0.2) is 21.7 Å². The lowest BCUT2D eigenvalue weighted by Gasteiger charge is -2.09. The van der Waals surface area contributed by atoms with Crippen LogP contribution in [0.25, 0.3) is 0 Å². The highest BCUT2D eigenvalue weighted by Crippen LogP contribution is 2.24. The fraction of sp³-hybridized carbons (Fsp3) is 0.143. The molecule has 1 heterocycles. The molecule has 132 valence electrons. The average molecular weight is 390 g/mol. The van der Waals surface area contributed by atoms with Gasteiger partial charge in [0.2, 0.25) is 5.78 Å². The quantitative estimate of drug-likeness (QED) is 0.458. The molecule has 0 radical (unpaired) electrons. The number of ketones is 1. The first-order valence-corrected chi connectivity index (χ1v) is 7.32. The number of nitrogens with zero attached hydrogens (tertiary/aromatic N) is 1. The van der Waals surface area contributed by atoms with E-state index < -0.39 is 41.0 Å². The summed E-state index contributed by atoms with van der Waals surface area (Å²) in [4.78, 5) is 48.9. The minimum Gasteiger partial charge on any atom is -0.454 e. The highest BCUT2D eigenvalue weighted by Gasteiger charge is 2.21. The molecule has 0 spiro atoms. The van der Waals surface area contributed by atoms with E-state index in [1.807, 2.05) is 4.98 Å². The van der Waals surface area contributed by atoms with E-state index in [4.69, 9.17) is 33.7 Å². The summed E-state index contributed by atoms with van der Waals surface area (Å²) in [7, 11) is 1.24. The summed E-state index contributed by atoms with van der Waals surface area (Å²) in [5.74, 6) is -3.34. The molecule has 0 saturated heterocycles. The van der Waals surface area contributed by atoms with Gasteiger partial charge in [-0.05, 0) is 12.1 Å². The SMILES string of the molecule is Cn1c(N)c(C(=O)COC(=O)c2cc(F)c(Cl)cc2Cl)c(=O)[nH]c1=O. The number of esters is 1. The van der Waals surface area contributed by atoms with Crippen LogP contribution in [0.2, 0.25) is 10.0 Å². The molecule has 25 heavy (non-hydrogen) atoms. The van der Waals surface area contributed by atoms with Gasteiger partial charge in [0.1, 0.15) is 17.2 Å². The van der Waals surface area contributed by atoms with Crippen molar-refractivity contribution in [3.05, 3.63) is 60.0 Å². The van der Waals surface area contributed by atoms with Gasteiger partial charge in [-0.1, -0.05) is 23.2 Å². The number of carbonyl (C=O) groups is 2. The van der Waals surface area contributed by atoms with Gasteiger partial charge in [-0.3, -0.25) is 19.1 Å². The standard InChI is InChI=1S/C14H10Cl2FN3O5/c1-20-11(18)10(12(22)19-14(20)24)9(21)4-25-13(23)5-2-8(17)7(16)3-6(5)15/h2-3H,4,18H2,1H3,(H,19,22,24). The molecule has 0 amide bonds. The number of halogens is 3. The largest absolute Gasteiger partial charge is 0.454 e. The highest BCUT2D eigenvalue weighted by molar-refractivity contribution is 6.36. The Morgan fingerprint density at radius 1 is 1.28 bits per heavy atom. The lowest BCUT2D eigenvalue weighted by atomic mass is 10.2. The molecule has 2 rings (SSSR count). The smallest absolute Gasteiger partial charge is 0.340 e. The lowest BCUT2D eigenvalue weighted by molar-refractivity contribution is 0.0474. The molecular weight excluding hydrogens is 380 g/mol. The number of nitrogen functional groups attached to an aromatic ring is 1. The van der Waals surface area contributed by atoms with E-state index >= 15 is 0 Å². The molecule has 1 aromatic heterocycles. The average Bonchev–Trinajstić information content (AvgIpc) is 2.53. The Morgan fingerprint density at radius 3 is 2.56 bits per heavy atom. The number of benzene rings is 1. The van der Waals surface area contributed by atoms with E-state index in [2.05, 4.69) is 0 Å². The minimum absolute atomic E-state index is 0.177. The van der Waals surface area contributed by atoms with E-state index in [0.717, 1.165) is 16.7 Å². The first kappa shape index (κ1) is 18.7. The van der Waals surface area contributed by atoms with Crippen LogP contribution in [0.5, 0.6) is 0 Å². The zero-order valence-electron chi connectivity index (χ0n) is 12.6. The van der Waals surface area contributed by atoms with Gasteiger partial charge in [-0.15, -0.1) is 0 Å². The van der Waals surface area contributed by atoms with Crippen LogP contribution in [0.3, 0.4) is 0 Å². The van der Waals surface area contributed by atoms with Gasteiger partial charge >= 0.3 is 11.7 Å². The molecule has 2 aromatic rings. The van der Waals surface area contributed by atoms with Crippen LogP contribution in [0, 0.1) is 5.82 Å². The van der Waals surface area contributed by atoms with Gasteiger partial charge in [0.25, 0.3) is 5.56 Å². The number of carbonyl (C=O) groups excluding carboxylic acids is 2. The van der Waals surface area contributed by atoms with Crippen molar-refractivity contribution in [1.29, 1.82) is 0 Å². The number of H-pyrrole nitrogens is 1. The number of hydrogen-bond donors (Lipinski definition) is 2. The maximum absolute atomic E-state index is 13.4. The van der Waals surface area contributed by atoms with Gasteiger partial charge in [0.15, 0.2) is 6.61 Å². The molecular formula is C14H10Cl2FN3O5. The lowest BCUT2D eigenvalue weighted by Crippen LogP contribution is -2.35. The number of aromatic nitrogens is 2. The van der Waals surface area contributed by atoms with Gasteiger partial charge in [0.05, 0.1) is 15.6 Å². The van der Waals surface area contributed by atoms with Gasteiger partial charge in [-0.25, -0.2) is 14.0 Å². The molecule has 0 aliphatic carbocycles. The Morgan fingerprint density at radius 2 is 1.92 bits per heavy atom. The summed E-state index contributed by atoms with van der Waals surface area (Å²) < 4.78 is 19.0. The molecule has 0 aliphatic rings. The normalized spacial score (nSPS) is 10.6. The Kier molecular flexibility index (Phi) is 5.29. The summed E-state index contributed by atoms with van der Waals surface area (Å²) in [5.41, 5.74) is 2.85. The first-order chi connectivity index (χ1) is 11.6. The first-order valence-electron chi connectivity index (χ1n) is 6.57. The van der Waals surface area contributed by atoms with Crippen molar-refractivity contribution in [2.75, 3.05) is 12.3 Å². The Bertz CT molecular complexity index is 999. The number of Topliss-reactive ketones (excluding diaryl/α,β-unsaturated/α-hetero) is 1. The molecule has 0 aliphatic heterocycles. The van der Waals surface area contributed by atoms with Crippen LogP contribution in [-0.2, 0) is 11.8 Å². The second-order valence-electron chi connectivity index (χ2n) is 4.82. The third-order valence-corrected chi connectivity index (χ3v) is 3.82. The number of aromatic amines is 1. The van der Waals surface area contributed by atoms with Gasteiger partial charge < -0.3 is 10.5 Å². The third-order valence-electron chi connectivity index (χ3n) is 3.21. The van der Waals surface area contributed by atoms with Crippen LogP contribution in [0.1, 0.15) is 20.7 Å². The van der Waals surface area contributed by atoms with Crippen molar-refractivity contribution in [2.24, 2.45) is 7.05 Å². The monoisotopic (exact) mass is 389 g/mol. The van der Waals surface area contributed by atoms with Crippen molar-refractivity contribution in [1.82, 2.24) is 9.55 Å². The van der Waals surface area contributed by atoms with Crippen LogP contribution in [0.4, 0.5) is 10.2 Å². The van der Waals surface area contributed by atoms with Crippen molar-refractivity contribution in [2.45, 2.75) is 0 Å². The summed E-state index contributed by atoms with van der Waals surface area (Å²) in [6.45, 7) is -0.870. The molecule has 8 nitrogen and oxygen atoms in total. The summed E-state index contributed by atoms with van der Waals surface area (Å²) in [5, 5.41) is -0.467. The molecule has 0 unspecified atom stereocenters. The topological polar surface area (TPSA) is 124 Å². The number of nitrogens with one attached hydrogen (secondary N) is 1. The molecule has 11 heteroatoms. The fourth-order valence-electron chi connectivity index (χ4n) is 1.87. The number of rotatable bonds is 4. The minimum atomic E-state index is -1.10. The number of hydrogen-bond acceptors (Lipinski definition) is 6. The highest BCUT2D eigenvalue weighted by atomic mass is 35.5. The van der Waals surface area contributed by atoms with Crippen molar-refractivity contribution in [3.8, 4) is 0 Å². The number of nitrogens with two attached hydrogens (primary N) is 1. The van der Waals surface area contributed by atoms with Gasteiger partial charge in [0, 0.05) is 7.05 Å². The molecule has 0 bridgehead atoms. The molecule has 1 aromatic carbocycles. The van der Waals surface area contributed by atoms with Crippen molar-refractivity contribution >= 4 is 40.8 Å². The molecule has 0 atom stereocenters. The van der Waals surface area contributed by atoms with E-state index in [9.17, 15) is 23.6 Å². The predicted molar refractivity (Wildman–Crippen MR) is 87.7 cm³/mol. The van der Waals surface area contributed by atoms with E-state index in [1.54, 1.807) is 0 Å². The second kappa shape index (κ2) is 7.08. The Balaban J connectivity index is 2.23. The fourth-order valence-corrected chi connectivity index (χ4v) is 2.33. The Hall–Kier alpha value is -2.65. The molecule has 3 N–H and O–H groups in total. The van der Waals surface area contributed by atoms with Crippen LogP contribution >= 0.6 is 23.2 Å². The van der Waals surface area contributed by atoms with Crippen molar-refractivity contribution in [3.63, 3.8) is 0 Å². The summed E-state index contributed by atoms with van der Waals surface area (Å²) in [6, 6.07) is 1.76. The zero-order chi connectivity index (χ0) is 18.9. The van der Waals surface area contributed by atoms with E-state index in [-0.39, 0.29) is 21.4 Å². The molecule has 0 saturated carbocycles. The zero-order valence-corrected chi connectivity index (χ0v) is 14.1. The van der Waals surface area contributed by atoms with Crippen LogP contribution in [-0.4, -0.2) is 27.9 Å². The van der Waals surface area contributed by atoms with Crippen LogP contribution < -0.4 is 17.0 Å². The summed E-state index contributed by atoms with van der Waals surface area (Å²) in [6.07, 6.45) is 0. The number of ether oxygens (including phenoxy) is 1. The maximum Gasteiger partial charge on any atom is 0.340 e. The number of anilines is 1. The van der Waals surface area contributed by atoms with Gasteiger partial charge in [-0.2, -0.15) is 0 Å². The summed E-state index contributed by atoms with van der Waals surface area (Å²) >= 11 is 11.3. The predicted octanol–water partition coefficient (Wildman–Crippen LogP) is 1.14. The van der Waals surface area contributed by atoms with Crippen molar-refractivity contribution < 1.29 is 18.7 Å². The molecule has 0 fully saturated rings. The van der Waals surface area contributed by atoms with E-state index in [0.29, 0.717) is 0 Å². The van der Waals surface area contributed by atoms with E-state index in [1.165, 1.54) is 7.05 Å². The Labute approximate surface area is 148 Å². The third kappa shape index (κ3) is 3.72.